The minimum atomic E-state index is 0.0333. The van der Waals surface area contributed by atoms with E-state index in [-0.39, 0.29) is 17.7 Å². The van der Waals surface area contributed by atoms with E-state index in [2.05, 4.69) is 27.7 Å². The number of halogens is 1. The Kier molecular flexibility index (Phi) is 5.39. The van der Waals surface area contributed by atoms with Crippen LogP contribution in [0.25, 0.3) is 0 Å². The molecule has 0 aromatic carbocycles. The molecule has 21 heavy (non-hydrogen) atoms. The van der Waals surface area contributed by atoms with Gasteiger partial charge < -0.3 is 0 Å². The van der Waals surface area contributed by atoms with Crippen molar-refractivity contribution < 1.29 is 4.79 Å². The monoisotopic (exact) mass is 310 g/mol. The molecule has 1 amide bonds. The minimum absolute atomic E-state index is 0.0333. The largest absolute Gasteiger partial charge is 0.281 e. The fourth-order valence-corrected chi connectivity index (χ4v) is 3.23. The summed E-state index contributed by atoms with van der Waals surface area (Å²) in [6.45, 7) is 6.23. The van der Waals surface area contributed by atoms with E-state index in [1.54, 1.807) is 0 Å². The summed E-state index contributed by atoms with van der Waals surface area (Å²) in [5.41, 5.74) is 6.50. The molecule has 0 radical (unpaired) electrons. The van der Waals surface area contributed by atoms with Crippen molar-refractivity contribution in [3.05, 3.63) is 17.0 Å². The maximum absolute atomic E-state index is 12.2. The molecule has 0 bridgehead atoms. The number of hydrogen-bond acceptors (Lipinski definition) is 4. The maximum Gasteiger partial charge on any atom is 0.241 e. The van der Waals surface area contributed by atoms with E-state index in [1.165, 1.54) is 12.7 Å². The van der Waals surface area contributed by atoms with Gasteiger partial charge in [0, 0.05) is 11.5 Å². The molecular weight excluding hydrogens is 288 g/mol. The molecular formula is C15H23ClN4O. The van der Waals surface area contributed by atoms with Gasteiger partial charge in [0.25, 0.3) is 0 Å². The van der Waals surface area contributed by atoms with Crippen LogP contribution in [0.15, 0.2) is 6.33 Å². The molecule has 1 aromatic heterocycles. The first-order valence-electron chi connectivity index (χ1n) is 7.55. The third-order valence-corrected chi connectivity index (χ3v) is 4.33. The summed E-state index contributed by atoms with van der Waals surface area (Å²) < 4.78 is 0. The van der Waals surface area contributed by atoms with Gasteiger partial charge in [-0.1, -0.05) is 45.2 Å². The highest BCUT2D eigenvalue weighted by atomic mass is 35.5. The summed E-state index contributed by atoms with van der Waals surface area (Å²) in [4.78, 5) is 20.4. The smallest absolute Gasteiger partial charge is 0.241 e. The average Bonchev–Trinajstić information content (AvgIpc) is 2.44. The molecule has 1 aliphatic carbocycles. The zero-order valence-electron chi connectivity index (χ0n) is 12.8. The summed E-state index contributed by atoms with van der Waals surface area (Å²) in [6, 6.07) is 0. The van der Waals surface area contributed by atoms with Crippen molar-refractivity contribution in [1.82, 2.24) is 15.4 Å². The van der Waals surface area contributed by atoms with Gasteiger partial charge in [-0.2, -0.15) is 0 Å². The normalized spacial score (nSPS) is 22.1. The number of carbonyl (C=O) groups excluding carboxylic acids is 1. The Morgan fingerprint density at radius 2 is 2.14 bits per heavy atom. The molecule has 1 heterocycles. The third-order valence-electron chi connectivity index (χ3n) is 4.02. The summed E-state index contributed by atoms with van der Waals surface area (Å²) in [6.07, 6.45) is 5.64. The van der Waals surface area contributed by atoms with Crippen LogP contribution in [0.4, 0.5) is 5.82 Å². The number of nitrogens with zero attached hydrogens (tertiary/aromatic N) is 2. The van der Waals surface area contributed by atoms with Crippen LogP contribution in [0.5, 0.6) is 0 Å². The van der Waals surface area contributed by atoms with Gasteiger partial charge in [0.2, 0.25) is 5.91 Å². The van der Waals surface area contributed by atoms with Crippen molar-refractivity contribution in [3.8, 4) is 0 Å². The number of hydrazine groups is 1. The predicted octanol–water partition coefficient (Wildman–Crippen LogP) is 3.52. The first-order valence-corrected chi connectivity index (χ1v) is 7.93. The van der Waals surface area contributed by atoms with Gasteiger partial charge in [-0.25, -0.2) is 9.97 Å². The Morgan fingerprint density at radius 1 is 1.38 bits per heavy atom. The molecule has 0 spiro atoms. The van der Waals surface area contributed by atoms with E-state index in [4.69, 9.17) is 11.6 Å². The highest BCUT2D eigenvalue weighted by Gasteiger charge is 2.25. The molecule has 2 atom stereocenters. The van der Waals surface area contributed by atoms with Crippen LogP contribution >= 0.6 is 11.6 Å². The van der Waals surface area contributed by atoms with Gasteiger partial charge in [0.05, 0.1) is 0 Å². The van der Waals surface area contributed by atoms with E-state index >= 15 is 0 Å². The molecule has 1 aromatic rings. The van der Waals surface area contributed by atoms with E-state index in [0.717, 1.165) is 24.8 Å². The molecule has 1 fully saturated rings. The van der Waals surface area contributed by atoms with Gasteiger partial charge >= 0.3 is 0 Å². The molecule has 2 N–H and O–H groups in total. The van der Waals surface area contributed by atoms with Gasteiger partial charge in [0.15, 0.2) is 5.82 Å². The molecule has 2 rings (SSSR count). The minimum Gasteiger partial charge on any atom is -0.281 e. The van der Waals surface area contributed by atoms with Crippen LogP contribution in [0, 0.1) is 11.8 Å². The van der Waals surface area contributed by atoms with Crippen LogP contribution < -0.4 is 10.9 Å². The molecule has 6 heteroatoms. The molecule has 1 aliphatic rings. The second-order valence-electron chi connectivity index (χ2n) is 6.16. The number of nitrogens with one attached hydrogen (secondary N) is 2. The average molecular weight is 311 g/mol. The Balaban J connectivity index is 2.00. The van der Waals surface area contributed by atoms with Crippen LogP contribution in [0.2, 0.25) is 5.15 Å². The highest BCUT2D eigenvalue weighted by molar-refractivity contribution is 6.30. The number of carbonyl (C=O) groups is 1. The lowest BCUT2D eigenvalue weighted by Gasteiger charge is -2.26. The number of anilines is 1. The number of rotatable bonds is 4. The Morgan fingerprint density at radius 3 is 2.81 bits per heavy atom. The lowest BCUT2D eigenvalue weighted by Crippen LogP contribution is -2.37. The Labute approximate surface area is 130 Å². The molecule has 0 aliphatic heterocycles. The lowest BCUT2D eigenvalue weighted by atomic mass is 9.82. The quantitative estimate of drug-likeness (QED) is 0.659. The molecule has 5 nitrogen and oxygen atoms in total. The van der Waals surface area contributed by atoms with Crippen LogP contribution in [0.1, 0.15) is 57.9 Å². The third kappa shape index (κ3) is 4.06. The number of hydrogen-bond donors (Lipinski definition) is 2. The SMILES string of the molecule is CC(C)c1c(Cl)ncnc1NNC(=O)[C@H]1CCC[C@@H](C)C1. The maximum atomic E-state index is 12.2. The number of amides is 1. The molecule has 0 saturated heterocycles. The topological polar surface area (TPSA) is 66.9 Å². The van der Waals surface area contributed by atoms with Gasteiger partial charge in [-0.15, -0.1) is 0 Å². The summed E-state index contributed by atoms with van der Waals surface area (Å²) >= 11 is 6.10. The van der Waals surface area contributed by atoms with Gasteiger partial charge in [-0.3, -0.25) is 15.6 Å². The highest BCUT2D eigenvalue weighted by Crippen LogP contribution is 2.29. The van der Waals surface area contributed by atoms with E-state index < -0.39 is 0 Å². The molecule has 116 valence electrons. The number of aromatic nitrogens is 2. The van der Waals surface area contributed by atoms with Crippen molar-refractivity contribution in [2.24, 2.45) is 11.8 Å². The summed E-state index contributed by atoms with van der Waals surface area (Å²) in [5, 5.41) is 0.419. The zero-order valence-corrected chi connectivity index (χ0v) is 13.6. The van der Waals surface area contributed by atoms with E-state index in [0.29, 0.717) is 16.9 Å². The second-order valence-corrected chi connectivity index (χ2v) is 6.52. The van der Waals surface area contributed by atoms with Crippen LogP contribution in [0.3, 0.4) is 0 Å². The summed E-state index contributed by atoms with van der Waals surface area (Å²) in [7, 11) is 0. The Bertz CT molecular complexity index is 506. The van der Waals surface area contributed by atoms with Gasteiger partial charge in [0.1, 0.15) is 11.5 Å². The second kappa shape index (κ2) is 7.07. The summed E-state index contributed by atoms with van der Waals surface area (Å²) in [5.74, 6) is 1.48. The zero-order chi connectivity index (χ0) is 15.4. The van der Waals surface area contributed by atoms with Gasteiger partial charge in [-0.05, 0) is 24.7 Å². The fraction of sp³-hybridized carbons (Fsp3) is 0.667. The first kappa shape index (κ1) is 16.0. The lowest BCUT2D eigenvalue weighted by molar-refractivity contribution is -0.125. The van der Waals surface area contributed by atoms with Crippen LogP contribution in [-0.4, -0.2) is 15.9 Å². The fourth-order valence-electron chi connectivity index (χ4n) is 2.88. The standard InChI is InChI=1S/C15H23ClN4O/c1-9(2)12-13(16)17-8-18-14(12)19-20-15(21)11-6-4-5-10(3)7-11/h8-11H,4-7H2,1-3H3,(H,20,21)(H,17,18,19)/t10-,11+/m1/s1. The predicted molar refractivity (Wildman–Crippen MR) is 84.0 cm³/mol. The van der Waals surface area contributed by atoms with Crippen molar-refractivity contribution in [3.63, 3.8) is 0 Å². The van der Waals surface area contributed by atoms with E-state index in [9.17, 15) is 4.79 Å². The van der Waals surface area contributed by atoms with Crippen molar-refractivity contribution in [1.29, 1.82) is 0 Å². The molecule has 1 saturated carbocycles. The van der Waals surface area contributed by atoms with Crippen LogP contribution in [-0.2, 0) is 4.79 Å². The first-order chi connectivity index (χ1) is 9.99. The van der Waals surface area contributed by atoms with Crippen molar-refractivity contribution >= 4 is 23.3 Å². The van der Waals surface area contributed by atoms with Crippen molar-refractivity contribution in [2.45, 2.75) is 52.4 Å². The van der Waals surface area contributed by atoms with Crippen molar-refractivity contribution in [2.75, 3.05) is 5.43 Å². The Hall–Kier alpha value is -1.36. The van der Waals surface area contributed by atoms with E-state index in [1.807, 2.05) is 13.8 Å². The molecule has 0 unspecified atom stereocenters.